The summed E-state index contributed by atoms with van der Waals surface area (Å²) in [6, 6.07) is 0. The van der Waals surface area contributed by atoms with Crippen molar-refractivity contribution in [1.82, 2.24) is 14.7 Å². The molecule has 1 N–H and O–H groups in total. The summed E-state index contributed by atoms with van der Waals surface area (Å²) in [7, 11) is 1.84. The van der Waals surface area contributed by atoms with Gasteiger partial charge in [-0.15, -0.1) is 0 Å². The Morgan fingerprint density at radius 2 is 1.76 bits per heavy atom. The molecule has 0 aliphatic rings. The van der Waals surface area contributed by atoms with E-state index in [2.05, 4.69) is 37.7 Å². The van der Waals surface area contributed by atoms with Gasteiger partial charge >= 0.3 is 0 Å². The Hall–Kier alpha value is -0.580. The molecule has 122 valence electrons. The molecular weight excluding hydrogens is 286 g/mol. The lowest BCUT2D eigenvalue weighted by atomic mass is 9.81. The van der Waals surface area contributed by atoms with E-state index < -0.39 is 6.10 Å². The van der Waals surface area contributed by atoms with E-state index in [-0.39, 0.29) is 5.54 Å². The molecule has 0 saturated heterocycles. The van der Waals surface area contributed by atoms with Crippen LogP contribution in [0.25, 0.3) is 0 Å². The van der Waals surface area contributed by atoms with Gasteiger partial charge in [-0.25, -0.2) is 0 Å². The van der Waals surface area contributed by atoms with Crippen LogP contribution in [0.3, 0.4) is 0 Å². The molecule has 1 atom stereocenters. The van der Waals surface area contributed by atoms with Crippen LogP contribution in [0.1, 0.15) is 51.8 Å². The zero-order valence-corrected chi connectivity index (χ0v) is 15.0. The number of rotatable bonds is 8. The van der Waals surface area contributed by atoms with Crippen LogP contribution >= 0.6 is 11.6 Å². The normalized spacial score (nSPS) is 14.0. The summed E-state index contributed by atoms with van der Waals surface area (Å²) >= 11 is 6.32. The smallest absolute Gasteiger partial charge is 0.130 e. The molecule has 0 aliphatic heterocycles. The molecule has 0 bridgehead atoms. The van der Waals surface area contributed by atoms with Gasteiger partial charge in [0.05, 0.1) is 11.8 Å². The third-order valence-electron chi connectivity index (χ3n) is 4.91. The van der Waals surface area contributed by atoms with Gasteiger partial charge in [-0.3, -0.25) is 9.58 Å². The summed E-state index contributed by atoms with van der Waals surface area (Å²) < 4.78 is 1.68. The quantitative estimate of drug-likeness (QED) is 0.801. The van der Waals surface area contributed by atoms with Crippen LogP contribution in [0.4, 0.5) is 0 Å². The molecular formula is C16H30ClN3O. The lowest BCUT2D eigenvalue weighted by molar-refractivity contribution is -0.0341. The summed E-state index contributed by atoms with van der Waals surface area (Å²) in [4.78, 5) is 2.37. The van der Waals surface area contributed by atoms with Crippen molar-refractivity contribution < 1.29 is 5.11 Å². The highest BCUT2D eigenvalue weighted by atomic mass is 35.5. The van der Waals surface area contributed by atoms with Crippen molar-refractivity contribution in [2.45, 2.75) is 65.5 Å². The Kier molecular flexibility index (Phi) is 6.70. The first-order valence-electron chi connectivity index (χ1n) is 7.98. The number of hydrogen-bond donors (Lipinski definition) is 1. The van der Waals surface area contributed by atoms with E-state index in [1.54, 1.807) is 4.68 Å². The first-order chi connectivity index (χ1) is 9.87. The molecule has 1 heterocycles. The van der Waals surface area contributed by atoms with E-state index in [0.29, 0.717) is 11.6 Å². The van der Waals surface area contributed by atoms with Gasteiger partial charge in [0, 0.05) is 24.6 Å². The van der Waals surface area contributed by atoms with Crippen LogP contribution in [-0.4, -0.2) is 44.5 Å². The van der Waals surface area contributed by atoms with Gasteiger partial charge in [0.2, 0.25) is 0 Å². The second-order valence-corrected chi connectivity index (χ2v) is 6.04. The summed E-state index contributed by atoms with van der Waals surface area (Å²) in [5.41, 5.74) is 1.67. The Balaban J connectivity index is 3.09. The molecule has 1 aromatic rings. The van der Waals surface area contributed by atoms with E-state index in [1.807, 2.05) is 14.0 Å². The van der Waals surface area contributed by atoms with Crippen molar-refractivity contribution in [3.05, 3.63) is 16.4 Å². The molecule has 4 nitrogen and oxygen atoms in total. The van der Waals surface area contributed by atoms with Gasteiger partial charge in [-0.1, -0.05) is 39.3 Å². The van der Waals surface area contributed by atoms with Gasteiger partial charge in [-0.05, 0) is 32.9 Å². The van der Waals surface area contributed by atoms with Gasteiger partial charge in [0.15, 0.2) is 0 Å². The third-order valence-corrected chi connectivity index (χ3v) is 5.38. The fraction of sp³-hybridized carbons (Fsp3) is 0.812. The predicted octanol–water partition coefficient (Wildman–Crippen LogP) is 3.19. The molecule has 1 aromatic heterocycles. The van der Waals surface area contributed by atoms with Crippen LogP contribution in [0.2, 0.25) is 5.15 Å². The highest BCUT2D eigenvalue weighted by Crippen LogP contribution is 2.32. The molecule has 0 spiro atoms. The van der Waals surface area contributed by atoms with E-state index in [0.717, 1.165) is 37.2 Å². The average molecular weight is 316 g/mol. The molecule has 1 rings (SSSR count). The lowest BCUT2D eigenvalue weighted by Gasteiger charge is -2.46. The molecule has 0 radical (unpaired) electrons. The first-order valence-corrected chi connectivity index (χ1v) is 8.36. The summed E-state index contributed by atoms with van der Waals surface area (Å²) in [6.07, 6.45) is 1.94. The molecule has 0 fully saturated rings. The van der Waals surface area contributed by atoms with Crippen molar-refractivity contribution in [3.8, 4) is 0 Å². The van der Waals surface area contributed by atoms with E-state index in [9.17, 15) is 5.11 Å². The number of aryl methyl sites for hydroxylation is 2. The van der Waals surface area contributed by atoms with Crippen LogP contribution in [0.15, 0.2) is 0 Å². The minimum absolute atomic E-state index is 0.199. The average Bonchev–Trinajstić information content (AvgIpc) is 2.71. The standard InChI is InChI=1S/C16H30ClN3O/c1-7-16(8-2,20(9-3)10-4)14(21)11-13-12(5)18-19(6)15(13)17/h14,21H,7-11H2,1-6H3. The van der Waals surface area contributed by atoms with Gasteiger partial charge in [0.25, 0.3) is 0 Å². The Bertz CT molecular complexity index is 451. The molecule has 0 amide bonds. The molecule has 1 unspecified atom stereocenters. The van der Waals surface area contributed by atoms with Crippen LogP contribution in [0.5, 0.6) is 0 Å². The lowest BCUT2D eigenvalue weighted by Crippen LogP contribution is -2.56. The highest BCUT2D eigenvalue weighted by molar-refractivity contribution is 6.30. The Labute approximate surface area is 134 Å². The summed E-state index contributed by atoms with van der Waals surface area (Å²) in [5, 5.41) is 15.9. The number of aromatic nitrogens is 2. The van der Waals surface area contributed by atoms with Gasteiger partial charge in [0.1, 0.15) is 5.15 Å². The van der Waals surface area contributed by atoms with Crippen LogP contribution in [0, 0.1) is 6.92 Å². The monoisotopic (exact) mass is 315 g/mol. The largest absolute Gasteiger partial charge is 0.391 e. The fourth-order valence-electron chi connectivity index (χ4n) is 3.52. The zero-order chi connectivity index (χ0) is 16.2. The first kappa shape index (κ1) is 18.5. The highest BCUT2D eigenvalue weighted by Gasteiger charge is 2.39. The maximum atomic E-state index is 11.0. The summed E-state index contributed by atoms with van der Waals surface area (Å²) in [5.74, 6) is 0. The number of halogens is 1. The number of aliphatic hydroxyl groups excluding tert-OH is 1. The SMILES string of the molecule is CCN(CC)C(CC)(CC)C(O)Cc1c(C)nn(C)c1Cl. The van der Waals surface area contributed by atoms with Crippen molar-refractivity contribution in [2.24, 2.45) is 7.05 Å². The summed E-state index contributed by atoms with van der Waals surface area (Å²) in [6.45, 7) is 12.4. The van der Waals surface area contributed by atoms with E-state index >= 15 is 0 Å². The zero-order valence-electron chi connectivity index (χ0n) is 14.3. The minimum Gasteiger partial charge on any atom is -0.391 e. The molecule has 0 aliphatic carbocycles. The van der Waals surface area contributed by atoms with Gasteiger partial charge < -0.3 is 5.11 Å². The van der Waals surface area contributed by atoms with Crippen molar-refractivity contribution in [1.29, 1.82) is 0 Å². The number of nitrogens with zero attached hydrogens (tertiary/aromatic N) is 3. The van der Waals surface area contributed by atoms with E-state index in [4.69, 9.17) is 11.6 Å². The fourth-order valence-corrected chi connectivity index (χ4v) is 3.77. The van der Waals surface area contributed by atoms with Crippen LogP contribution < -0.4 is 0 Å². The third kappa shape index (κ3) is 3.43. The van der Waals surface area contributed by atoms with Crippen LogP contribution in [-0.2, 0) is 13.5 Å². The van der Waals surface area contributed by atoms with Crippen molar-refractivity contribution >= 4 is 11.6 Å². The maximum Gasteiger partial charge on any atom is 0.130 e. The Morgan fingerprint density at radius 1 is 1.24 bits per heavy atom. The van der Waals surface area contributed by atoms with Crippen molar-refractivity contribution in [2.75, 3.05) is 13.1 Å². The minimum atomic E-state index is -0.451. The molecule has 21 heavy (non-hydrogen) atoms. The second kappa shape index (κ2) is 7.61. The molecule has 0 saturated carbocycles. The second-order valence-electron chi connectivity index (χ2n) is 5.68. The molecule has 0 aromatic carbocycles. The maximum absolute atomic E-state index is 11.0. The van der Waals surface area contributed by atoms with Crippen molar-refractivity contribution in [3.63, 3.8) is 0 Å². The number of aliphatic hydroxyl groups is 1. The number of likely N-dealkylation sites (N-methyl/N-ethyl adjacent to an activating group) is 1. The topological polar surface area (TPSA) is 41.3 Å². The van der Waals surface area contributed by atoms with Gasteiger partial charge in [-0.2, -0.15) is 5.10 Å². The Morgan fingerprint density at radius 3 is 2.10 bits per heavy atom. The molecule has 5 heteroatoms. The number of hydrogen-bond acceptors (Lipinski definition) is 3. The van der Waals surface area contributed by atoms with E-state index in [1.165, 1.54) is 0 Å². The predicted molar refractivity (Wildman–Crippen MR) is 88.9 cm³/mol.